The fourth-order valence-electron chi connectivity index (χ4n) is 2.74. The fourth-order valence-corrected chi connectivity index (χ4v) is 5.25. The smallest absolute Gasteiger partial charge is 0.244 e. The van der Waals surface area contributed by atoms with Gasteiger partial charge in [0.1, 0.15) is 0 Å². The monoisotopic (exact) mass is 374 g/mol. The second kappa shape index (κ2) is 5.96. The van der Waals surface area contributed by atoms with E-state index in [9.17, 15) is 8.42 Å². The Labute approximate surface area is 133 Å². The molecule has 1 aliphatic carbocycles. The van der Waals surface area contributed by atoms with Gasteiger partial charge in [-0.15, -0.1) is 0 Å². The standard InChI is InChI=1S/C14H19BrN2O3S/c15-13-9-11(10-18)1-4-14(13)21(19,20)17-7-5-16(6-8-17)12-2-3-12/h1,4,9,12,18H,2-3,5-8,10H2. The highest BCUT2D eigenvalue weighted by atomic mass is 79.9. The maximum absolute atomic E-state index is 12.7. The van der Waals surface area contributed by atoms with Crippen LogP contribution in [0.2, 0.25) is 0 Å². The van der Waals surface area contributed by atoms with Gasteiger partial charge in [0, 0.05) is 36.7 Å². The summed E-state index contributed by atoms with van der Waals surface area (Å²) in [5, 5.41) is 9.11. The minimum absolute atomic E-state index is 0.0982. The van der Waals surface area contributed by atoms with E-state index >= 15 is 0 Å². The van der Waals surface area contributed by atoms with E-state index in [2.05, 4.69) is 20.8 Å². The molecular formula is C14H19BrN2O3S. The number of rotatable bonds is 4. The number of piperazine rings is 1. The minimum Gasteiger partial charge on any atom is -0.392 e. The molecule has 1 aromatic rings. The molecule has 21 heavy (non-hydrogen) atoms. The van der Waals surface area contributed by atoms with Crippen molar-refractivity contribution in [1.82, 2.24) is 9.21 Å². The Hall–Kier alpha value is -0.470. The van der Waals surface area contributed by atoms with Gasteiger partial charge in [-0.05, 0) is 46.5 Å². The third kappa shape index (κ3) is 3.17. The van der Waals surface area contributed by atoms with E-state index in [-0.39, 0.29) is 11.5 Å². The summed E-state index contributed by atoms with van der Waals surface area (Å²) < 4.78 is 27.5. The number of hydrogen-bond acceptors (Lipinski definition) is 4. The molecule has 0 unspecified atom stereocenters. The highest BCUT2D eigenvalue weighted by molar-refractivity contribution is 9.10. The van der Waals surface area contributed by atoms with Crippen LogP contribution in [0.3, 0.4) is 0 Å². The van der Waals surface area contributed by atoms with Crippen molar-refractivity contribution in [3.05, 3.63) is 28.2 Å². The first-order valence-electron chi connectivity index (χ1n) is 7.16. The maximum Gasteiger partial charge on any atom is 0.244 e. The minimum atomic E-state index is -3.47. The summed E-state index contributed by atoms with van der Waals surface area (Å²) in [6.45, 7) is 2.63. The van der Waals surface area contributed by atoms with E-state index in [1.807, 2.05) is 0 Å². The van der Waals surface area contributed by atoms with Crippen LogP contribution in [0.15, 0.2) is 27.6 Å². The zero-order valence-electron chi connectivity index (χ0n) is 11.7. The topological polar surface area (TPSA) is 60.9 Å². The molecule has 0 spiro atoms. The van der Waals surface area contributed by atoms with Crippen molar-refractivity contribution in [3.63, 3.8) is 0 Å². The SMILES string of the molecule is O=S(=O)(c1ccc(CO)cc1Br)N1CCN(C2CC2)CC1. The van der Waals surface area contributed by atoms with Crippen LogP contribution in [-0.4, -0.2) is 55.0 Å². The summed E-state index contributed by atoms with van der Waals surface area (Å²) in [6, 6.07) is 5.56. The average molecular weight is 375 g/mol. The molecule has 0 bridgehead atoms. The Morgan fingerprint density at radius 3 is 2.38 bits per heavy atom. The number of nitrogens with zero attached hydrogens (tertiary/aromatic N) is 2. The van der Waals surface area contributed by atoms with Crippen molar-refractivity contribution in [1.29, 1.82) is 0 Å². The molecule has 0 aromatic heterocycles. The Morgan fingerprint density at radius 2 is 1.86 bits per heavy atom. The van der Waals surface area contributed by atoms with Crippen molar-refractivity contribution in [2.75, 3.05) is 26.2 Å². The van der Waals surface area contributed by atoms with Gasteiger partial charge in [0.2, 0.25) is 10.0 Å². The van der Waals surface area contributed by atoms with Crippen LogP contribution < -0.4 is 0 Å². The predicted molar refractivity (Wildman–Crippen MR) is 83.4 cm³/mol. The van der Waals surface area contributed by atoms with Crippen molar-refractivity contribution in [2.45, 2.75) is 30.4 Å². The van der Waals surface area contributed by atoms with Gasteiger partial charge in [-0.1, -0.05) is 6.07 Å². The highest BCUT2D eigenvalue weighted by Crippen LogP contribution is 2.30. The molecule has 2 aliphatic rings. The van der Waals surface area contributed by atoms with Crippen LogP contribution in [0, 0.1) is 0 Å². The molecular weight excluding hydrogens is 356 g/mol. The lowest BCUT2D eigenvalue weighted by molar-refractivity contribution is 0.180. The number of aliphatic hydroxyl groups excluding tert-OH is 1. The Morgan fingerprint density at radius 1 is 1.19 bits per heavy atom. The number of hydrogen-bond donors (Lipinski definition) is 1. The van der Waals surface area contributed by atoms with Crippen molar-refractivity contribution in [3.8, 4) is 0 Å². The number of sulfonamides is 1. The Balaban J connectivity index is 1.77. The molecule has 5 nitrogen and oxygen atoms in total. The summed E-state index contributed by atoms with van der Waals surface area (Å²) in [4.78, 5) is 2.66. The average Bonchev–Trinajstić information content (AvgIpc) is 3.31. The molecule has 1 aliphatic heterocycles. The molecule has 116 valence electrons. The number of halogens is 1. The first-order chi connectivity index (χ1) is 10.0. The van der Waals surface area contributed by atoms with Gasteiger partial charge in [-0.3, -0.25) is 4.90 Å². The third-order valence-electron chi connectivity index (χ3n) is 4.13. The van der Waals surface area contributed by atoms with Crippen LogP contribution in [0.1, 0.15) is 18.4 Å². The molecule has 7 heteroatoms. The lowest BCUT2D eigenvalue weighted by atomic mass is 10.2. The summed E-state index contributed by atoms with van der Waals surface area (Å²) >= 11 is 3.31. The van der Waals surface area contributed by atoms with Crippen LogP contribution in [0.25, 0.3) is 0 Å². The molecule has 1 saturated carbocycles. The highest BCUT2D eigenvalue weighted by Gasteiger charge is 2.35. The van der Waals surface area contributed by atoms with Gasteiger partial charge in [0.25, 0.3) is 0 Å². The van der Waals surface area contributed by atoms with Crippen molar-refractivity contribution in [2.24, 2.45) is 0 Å². The summed E-state index contributed by atoms with van der Waals surface area (Å²) in [6.07, 6.45) is 2.50. The normalized spacial score (nSPS) is 21.6. The first kappa shape index (κ1) is 15.4. The van der Waals surface area contributed by atoms with Gasteiger partial charge in [0.05, 0.1) is 11.5 Å². The zero-order chi connectivity index (χ0) is 15.0. The van der Waals surface area contributed by atoms with Gasteiger partial charge >= 0.3 is 0 Å². The van der Waals surface area contributed by atoms with E-state index in [0.717, 1.165) is 13.1 Å². The lowest BCUT2D eigenvalue weighted by Crippen LogP contribution is -2.49. The largest absolute Gasteiger partial charge is 0.392 e. The lowest BCUT2D eigenvalue weighted by Gasteiger charge is -2.34. The van der Waals surface area contributed by atoms with E-state index in [4.69, 9.17) is 5.11 Å². The van der Waals surface area contributed by atoms with Crippen LogP contribution in [-0.2, 0) is 16.6 Å². The van der Waals surface area contributed by atoms with Crippen molar-refractivity contribution < 1.29 is 13.5 Å². The maximum atomic E-state index is 12.7. The number of benzene rings is 1. The van der Waals surface area contributed by atoms with Gasteiger partial charge in [-0.2, -0.15) is 4.31 Å². The summed E-state index contributed by atoms with van der Waals surface area (Å²) in [5.41, 5.74) is 0.694. The molecule has 1 saturated heterocycles. The van der Waals surface area contributed by atoms with E-state index < -0.39 is 10.0 Å². The summed E-state index contributed by atoms with van der Waals surface area (Å²) in [7, 11) is -3.47. The molecule has 1 aromatic carbocycles. The second-order valence-electron chi connectivity index (χ2n) is 5.59. The van der Waals surface area contributed by atoms with E-state index in [1.54, 1.807) is 22.5 Å². The van der Waals surface area contributed by atoms with Gasteiger partial charge < -0.3 is 5.11 Å². The summed E-state index contributed by atoms with van der Waals surface area (Å²) in [5.74, 6) is 0. The molecule has 1 heterocycles. The molecule has 0 radical (unpaired) electrons. The molecule has 1 N–H and O–H groups in total. The number of aliphatic hydroxyl groups is 1. The molecule has 0 amide bonds. The van der Waals surface area contributed by atoms with Gasteiger partial charge in [-0.25, -0.2) is 8.42 Å². The van der Waals surface area contributed by atoms with Crippen molar-refractivity contribution >= 4 is 26.0 Å². The quantitative estimate of drug-likeness (QED) is 0.865. The Kier molecular flexibility index (Phi) is 4.38. The van der Waals surface area contributed by atoms with E-state index in [0.29, 0.717) is 29.2 Å². The van der Waals surface area contributed by atoms with E-state index in [1.165, 1.54) is 12.8 Å². The van der Waals surface area contributed by atoms with Crippen LogP contribution >= 0.6 is 15.9 Å². The first-order valence-corrected chi connectivity index (χ1v) is 9.39. The Bertz CT molecular complexity index is 623. The molecule has 0 atom stereocenters. The zero-order valence-corrected chi connectivity index (χ0v) is 14.1. The predicted octanol–water partition coefficient (Wildman–Crippen LogP) is 1.41. The fraction of sp³-hybridized carbons (Fsp3) is 0.571. The third-order valence-corrected chi connectivity index (χ3v) is 7.01. The van der Waals surface area contributed by atoms with Crippen LogP contribution in [0.5, 0.6) is 0 Å². The van der Waals surface area contributed by atoms with Gasteiger partial charge in [0.15, 0.2) is 0 Å². The second-order valence-corrected chi connectivity index (χ2v) is 8.35. The molecule has 2 fully saturated rings. The molecule has 3 rings (SSSR count). The van der Waals surface area contributed by atoms with Crippen LogP contribution in [0.4, 0.5) is 0 Å².